The number of nitrogens with one attached hydrogen (secondary N) is 1. The van der Waals surface area contributed by atoms with E-state index in [0.717, 1.165) is 6.54 Å². The van der Waals surface area contributed by atoms with E-state index in [4.69, 9.17) is 0 Å². The van der Waals surface area contributed by atoms with Crippen LogP contribution in [-0.2, 0) is 13.6 Å². The molecule has 0 aliphatic heterocycles. The van der Waals surface area contributed by atoms with Gasteiger partial charge in [0, 0.05) is 35.8 Å². The molecule has 16 heavy (non-hydrogen) atoms. The molecular weight excluding hydrogens is 218 g/mol. The minimum absolute atomic E-state index is 0.402. The largest absolute Gasteiger partial charge is 0.305 e. The average Bonchev–Trinajstić information content (AvgIpc) is 2.89. The second-order valence-electron chi connectivity index (χ2n) is 4.00. The number of aromatic nitrogens is 2. The van der Waals surface area contributed by atoms with E-state index in [1.807, 2.05) is 17.9 Å². The van der Waals surface area contributed by atoms with E-state index in [9.17, 15) is 0 Å². The third kappa shape index (κ3) is 2.33. The topological polar surface area (TPSA) is 29.9 Å². The number of nitrogens with zero attached hydrogens (tertiary/aromatic N) is 2. The van der Waals surface area contributed by atoms with Gasteiger partial charge in [-0.15, -0.1) is 11.3 Å². The van der Waals surface area contributed by atoms with Crippen LogP contribution in [0.15, 0.2) is 23.7 Å². The first-order valence-corrected chi connectivity index (χ1v) is 6.30. The highest BCUT2D eigenvalue weighted by Crippen LogP contribution is 2.18. The van der Waals surface area contributed by atoms with Crippen molar-refractivity contribution in [1.29, 1.82) is 0 Å². The van der Waals surface area contributed by atoms with Gasteiger partial charge in [0.1, 0.15) is 0 Å². The van der Waals surface area contributed by atoms with Crippen LogP contribution in [0.1, 0.15) is 29.1 Å². The van der Waals surface area contributed by atoms with Gasteiger partial charge in [0.15, 0.2) is 0 Å². The Labute approximate surface area is 100 Å². The van der Waals surface area contributed by atoms with Gasteiger partial charge in [-0.05, 0) is 25.3 Å². The summed E-state index contributed by atoms with van der Waals surface area (Å²) in [5, 5.41) is 9.86. The van der Waals surface area contributed by atoms with Crippen LogP contribution in [0.25, 0.3) is 0 Å². The lowest BCUT2D eigenvalue weighted by Crippen LogP contribution is -2.17. The van der Waals surface area contributed by atoms with Crippen molar-refractivity contribution in [2.75, 3.05) is 0 Å². The molecule has 0 aromatic carbocycles. The zero-order valence-corrected chi connectivity index (χ0v) is 10.7. The molecule has 0 aliphatic rings. The Hall–Kier alpha value is -1.13. The molecule has 1 N–H and O–H groups in total. The van der Waals surface area contributed by atoms with Crippen LogP contribution in [0, 0.1) is 6.92 Å². The lowest BCUT2D eigenvalue weighted by molar-refractivity contribution is 0.580. The quantitative estimate of drug-likeness (QED) is 0.883. The molecule has 0 unspecified atom stereocenters. The molecule has 0 radical (unpaired) electrons. The average molecular weight is 235 g/mol. The molecule has 0 fully saturated rings. The third-order valence-electron chi connectivity index (χ3n) is 2.91. The Morgan fingerprint density at radius 1 is 1.56 bits per heavy atom. The van der Waals surface area contributed by atoms with Gasteiger partial charge in [-0.2, -0.15) is 5.10 Å². The molecule has 1 atom stereocenters. The lowest BCUT2D eigenvalue weighted by Gasteiger charge is -2.11. The highest BCUT2D eigenvalue weighted by molar-refractivity contribution is 7.10. The number of rotatable bonds is 4. The first-order chi connectivity index (χ1) is 7.68. The smallest absolute Gasteiger partial charge is 0.0537 e. The molecule has 2 aromatic rings. The van der Waals surface area contributed by atoms with Crippen molar-refractivity contribution in [2.24, 2.45) is 7.05 Å². The van der Waals surface area contributed by atoms with Gasteiger partial charge in [-0.3, -0.25) is 4.68 Å². The fourth-order valence-electron chi connectivity index (χ4n) is 1.62. The zero-order chi connectivity index (χ0) is 11.5. The Bertz CT molecular complexity index is 445. The molecular formula is C12H17N3S. The molecule has 2 aromatic heterocycles. The molecule has 0 saturated carbocycles. The van der Waals surface area contributed by atoms with Gasteiger partial charge in [0.25, 0.3) is 0 Å². The summed E-state index contributed by atoms with van der Waals surface area (Å²) >= 11 is 1.79. The molecule has 0 bridgehead atoms. The standard InChI is InChI=1S/C12H17N3S/c1-9(12-5-4-6-16-12)13-7-11-8-14-15(3)10(11)2/h4-6,8-9,13H,7H2,1-3H3/t9-/m1/s1. The van der Waals surface area contributed by atoms with E-state index in [2.05, 4.69) is 41.8 Å². The molecule has 0 spiro atoms. The van der Waals surface area contributed by atoms with Crippen molar-refractivity contribution in [2.45, 2.75) is 26.4 Å². The molecule has 4 heteroatoms. The van der Waals surface area contributed by atoms with Crippen LogP contribution in [-0.4, -0.2) is 9.78 Å². The van der Waals surface area contributed by atoms with Gasteiger partial charge in [-0.1, -0.05) is 6.07 Å². The first kappa shape index (κ1) is 11.4. The normalized spacial score (nSPS) is 12.9. The second kappa shape index (κ2) is 4.80. The molecule has 86 valence electrons. The number of hydrogen-bond donors (Lipinski definition) is 1. The SMILES string of the molecule is Cc1c(CN[C@H](C)c2cccs2)cnn1C. The van der Waals surface area contributed by atoms with Crippen molar-refractivity contribution in [3.8, 4) is 0 Å². The fraction of sp³-hybridized carbons (Fsp3) is 0.417. The van der Waals surface area contributed by atoms with Crippen molar-refractivity contribution in [3.63, 3.8) is 0 Å². The van der Waals surface area contributed by atoms with Crippen LogP contribution in [0.5, 0.6) is 0 Å². The maximum Gasteiger partial charge on any atom is 0.0537 e. The van der Waals surface area contributed by atoms with E-state index in [-0.39, 0.29) is 0 Å². The minimum atomic E-state index is 0.402. The van der Waals surface area contributed by atoms with Crippen LogP contribution in [0.2, 0.25) is 0 Å². The summed E-state index contributed by atoms with van der Waals surface area (Å²) in [5.41, 5.74) is 2.50. The maximum atomic E-state index is 4.24. The van der Waals surface area contributed by atoms with E-state index in [1.54, 1.807) is 11.3 Å². The second-order valence-corrected chi connectivity index (χ2v) is 4.98. The third-order valence-corrected chi connectivity index (χ3v) is 3.96. The van der Waals surface area contributed by atoms with Crippen molar-refractivity contribution in [3.05, 3.63) is 39.8 Å². The fourth-order valence-corrected chi connectivity index (χ4v) is 2.38. The molecule has 2 heterocycles. The molecule has 3 nitrogen and oxygen atoms in total. The van der Waals surface area contributed by atoms with Gasteiger partial charge < -0.3 is 5.32 Å². The van der Waals surface area contributed by atoms with Crippen LogP contribution in [0.3, 0.4) is 0 Å². The summed E-state index contributed by atoms with van der Waals surface area (Å²) < 4.78 is 1.91. The summed E-state index contributed by atoms with van der Waals surface area (Å²) in [4.78, 5) is 1.38. The van der Waals surface area contributed by atoms with Gasteiger partial charge in [0.2, 0.25) is 0 Å². The summed E-state index contributed by atoms with van der Waals surface area (Å²) in [5.74, 6) is 0. The Kier molecular flexibility index (Phi) is 3.41. The van der Waals surface area contributed by atoms with Crippen molar-refractivity contribution in [1.82, 2.24) is 15.1 Å². The molecule has 0 amide bonds. The predicted molar refractivity (Wildman–Crippen MR) is 67.5 cm³/mol. The summed E-state index contributed by atoms with van der Waals surface area (Å²) in [7, 11) is 1.97. The predicted octanol–water partition coefficient (Wildman–Crippen LogP) is 2.64. The van der Waals surface area contributed by atoms with Crippen molar-refractivity contribution >= 4 is 11.3 Å². The minimum Gasteiger partial charge on any atom is -0.305 e. The summed E-state index contributed by atoms with van der Waals surface area (Å²) in [6.45, 7) is 5.16. The number of hydrogen-bond acceptors (Lipinski definition) is 3. The van der Waals surface area contributed by atoms with Crippen LogP contribution >= 0.6 is 11.3 Å². The lowest BCUT2D eigenvalue weighted by atomic mass is 10.2. The van der Waals surface area contributed by atoms with E-state index < -0.39 is 0 Å². The summed E-state index contributed by atoms with van der Waals surface area (Å²) in [6.07, 6.45) is 1.93. The van der Waals surface area contributed by atoms with Gasteiger partial charge in [-0.25, -0.2) is 0 Å². The molecule has 2 rings (SSSR count). The van der Waals surface area contributed by atoms with Crippen LogP contribution in [0.4, 0.5) is 0 Å². The Balaban J connectivity index is 1.95. The maximum absolute atomic E-state index is 4.24. The number of thiophene rings is 1. The number of aryl methyl sites for hydroxylation is 1. The van der Waals surface area contributed by atoms with Gasteiger partial charge >= 0.3 is 0 Å². The van der Waals surface area contributed by atoms with Crippen molar-refractivity contribution < 1.29 is 0 Å². The van der Waals surface area contributed by atoms with Gasteiger partial charge in [0.05, 0.1) is 6.20 Å². The highest BCUT2D eigenvalue weighted by atomic mass is 32.1. The van der Waals surface area contributed by atoms with Crippen LogP contribution < -0.4 is 5.32 Å². The molecule has 0 saturated heterocycles. The first-order valence-electron chi connectivity index (χ1n) is 5.42. The highest BCUT2D eigenvalue weighted by Gasteiger charge is 2.08. The molecule has 0 aliphatic carbocycles. The Morgan fingerprint density at radius 2 is 2.38 bits per heavy atom. The van der Waals surface area contributed by atoms with E-state index >= 15 is 0 Å². The zero-order valence-electron chi connectivity index (χ0n) is 9.90. The monoisotopic (exact) mass is 235 g/mol. The van der Waals surface area contributed by atoms with E-state index in [1.165, 1.54) is 16.1 Å². The summed E-state index contributed by atoms with van der Waals surface area (Å²) in [6, 6.07) is 4.66. The Morgan fingerprint density at radius 3 is 2.94 bits per heavy atom. The van der Waals surface area contributed by atoms with E-state index in [0.29, 0.717) is 6.04 Å².